The summed E-state index contributed by atoms with van der Waals surface area (Å²) in [5, 5.41) is 26.1. The number of hydrogen-bond acceptors (Lipinski definition) is 6. The summed E-state index contributed by atoms with van der Waals surface area (Å²) in [6.07, 6.45) is 1.05. The predicted molar refractivity (Wildman–Crippen MR) is 109 cm³/mol. The highest BCUT2D eigenvalue weighted by atomic mass is 16.3. The van der Waals surface area contributed by atoms with Gasteiger partial charge in [-0.25, -0.2) is 0 Å². The minimum Gasteiger partial charge on any atom is -0.374 e. The first-order chi connectivity index (χ1) is 13.5. The Hall–Kier alpha value is -2.70. The van der Waals surface area contributed by atoms with Crippen molar-refractivity contribution < 1.29 is 19.8 Å². The summed E-state index contributed by atoms with van der Waals surface area (Å²) in [5.74, 6) is -0.546. The van der Waals surface area contributed by atoms with Gasteiger partial charge in [0.1, 0.15) is 12.5 Å². The Bertz CT molecular complexity index is 821. The molecule has 6 nitrogen and oxygen atoms in total. The molecule has 4 N–H and O–H groups in total. The van der Waals surface area contributed by atoms with Crippen molar-refractivity contribution in [3.63, 3.8) is 0 Å². The van der Waals surface area contributed by atoms with Crippen LogP contribution in [0.3, 0.4) is 0 Å². The second-order valence-electron chi connectivity index (χ2n) is 7.01. The molecule has 1 aliphatic rings. The van der Waals surface area contributed by atoms with Crippen LogP contribution < -0.4 is 10.6 Å². The molecule has 2 unspecified atom stereocenters. The fourth-order valence-electron chi connectivity index (χ4n) is 3.53. The van der Waals surface area contributed by atoms with Crippen molar-refractivity contribution in [3.05, 3.63) is 58.7 Å². The van der Waals surface area contributed by atoms with Crippen molar-refractivity contribution in [2.75, 3.05) is 10.6 Å². The Morgan fingerprint density at radius 2 is 1.14 bits per heavy atom. The van der Waals surface area contributed by atoms with E-state index in [9.17, 15) is 19.8 Å². The van der Waals surface area contributed by atoms with Crippen LogP contribution >= 0.6 is 0 Å². The number of rotatable bonds is 8. The topological polar surface area (TPSA) is 98.7 Å². The molecule has 0 amide bonds. The number of carbonyl (C=O) groups excluding carboxylic acids is 2. The normalized spacial score (nSPS) is 14.9. The van der Waals surface area contributed by atoms with Crippen molar-refractivity contribution in [1.82, 2.24) is 0 Å². The van der Waals surface area contributed by atoms with Gasteiger partial charge in [-0.1, -0.05) is 51.0 Å². The minimum atomic E-state index is -0.794. The first-order valence-corrected chi connectivity index (χ1v) is 9.72. The van der Waals surface area contributed by atoms with Gasteiger partial charge in [0.15, 0.2) is 11.6 Å². The van der Waals surface area contributed by atoms with E-state index in [4.69, 9.17) is 0 Å². The van der Waals surface area contributed by atoms with E-state index in [1.54, 1.807) is 36.4 Å². The monoisotopic (exact) mass is 382 g/mol. The van der Waals surface area contributed by atoms with E-state index < -0.39 is 12.5 Å². The number of aliphatic hydroxyl groups is 2. The van der Waals surface area contributed by atoms with E-state index in [1.165, 1.54) is 0 Å². The van der Waals surface area contributed by atoms with E-state index >= 15 is 0 Å². The zero-order valence-corrected chi connectivity index (χ0v) is 16.2. The summed E-state index contributed by atoms with van der Waals surface area (Å²) in [7, 11) is 0. The molecule has 2 aromatic rings. The molecule has 0 saturated heterocycles. The lowest BCUT2D eigenvalue weighted by molar-refractivity contribution is 0.0979. The molecule has 0 heterocycles. The molecule has 0 aliphatic heterocycles. The quantitative estimate of drug-likeness (QED) is 0.445. The third-order valence-corrected chi connectivity index (χ3v) is 4.84. The summed E-state index contributed by atoms with van der Waals surface area (Å²) in [6.45, 7) is 3.91. The lowest BCUT2D eigenvalue weighted by atomic mass is 9.82. The Morgan fingerprint density at radius 3 is 1.50 bits per heavy atom. The fourth-order valence-corrected chi connectivity index (χ4v) is 3.53. The molecular formula is C22H26N2O4. The highest BCUT2D eigenvalue weighted by Crippen LogP contribution is 2.35. The van der Waals surface area contributed by atoms with Crippen LogP contribution in [0.25, 0.3) is 0 Å². The smallest absolute Gasteiger partial charge is 0.196 e. The average molecular weight is 382 g/mol. The second-order valence-corrected chi connectivity index (χ2v) is 7.01. The SMILES string of the molecule is CCCC(O)Nc1cccc2c1C(=O)c1cccc(NC(O)CCC)c1C2=O. The van der Waals surface area contributed by atoms with Crippen LogP contribution in [0.2, 0.25) is 0 Å². The largest absolute Gasteiger partial charge is 0.374 e. The minimum absolute atomic E-state index is 0.273. The first kappa shape index (κ1) is 20.0. The van der Waals surface area contributed by atoms with Gasteiger partial charge in [0.25, 0.3) is 0 Å². The van der Waals surface area contributed by atoms with E-state index in [0.29, 0.717) is 35.3 Å². The van der Waals surface area contributed by atoms with Gasteiger partial charge in [-0.3, -0.25) is 9.59 Å². The number of benzene rings is 2. The summed E-state index contributed by atoms with van der Waals surface area (Å²) >= 11 is 0. The third kappa shape index (κ3) is 3.79. The zero-order valence-electron chi connectivity index (χ0n) is 16.2. The number of aliphatic hydroxyl groups excluding tert-OH is 2. The third-order valence-electron chi connectivity index (χ3n) is 4.84. The molecule has 1 aliphatic carbocycles. The van der Waals surface area contributed by atoms with Crippen LogP contribution in [-0.4, -0.2) is 34.2 Å². The maximum Gasteiger partial charge on any atom is 0.196 e. The molecule has 0 saturated carbocycles. The van der Waals surface area contributed by atoms with E-state index in [2.05, 4.69) is 10.6 Å². The van der Waals surface area contributed by atoms with Gasteiger partial charge in [-0.05, 0) is 25.0 Å². The molecule has 6 heteroatoms. The van der Waals surface area contributed by atoms with Gasteiger partial charge >= 0.3 is 0 Å². The Labute approximate surface area is 164 Å². The molecule has 28 heavy (non-hydrogen) atoms. The lowest BCUT2D eigenvalue weighted by Crippen LogP contribution is -2.27. The average Bonchev–Trinajstić information content (AvgIpc) is 2.66. The van der Waals surface area contributed by atoms with Crippen LogP contribution in [0.15, 0.2) is 36.4 Å². The molecule has 0 fully saturated rings. The van der Waals surface area contributed by atoms with Gasteiger partial charge in [-0.15, -0.1) is 0 Å². The standard InChI is InChI=1S/C22H26N2O4/c1-3-7-17(25)23-15-11-5-9-13-19(15)21(27)14-10-6-12-16(20(14)22(13)28)24-18(26)8-4-2/h5-6,9-12,17-18,23-26H,3-4,7-8H2,1-2H3. The van der Waals surface area contributed by atoms with E-state index in [1.807, 2.05) is 13.8 Å². The summed E-state index contributed by atoms with van der Waals surface area (Å²) in [6, 6.07) is 10.0. The molecular weight excluding hydrogens is 356 g/mol. The van der Waals surface area contributed by atoms with Crippen molar-refractivity contribution in [2.45, 2.75) is 52.0 Å². The summed E-state index contributed by atoms with van der Waals surface area (Å²) in [4.78, 5) is 26.4. The van der Waals surface area contributed by atoms with Crippen LogP contribution in [0, 0.1) is 0 Å². The number of ketones is 2. The maximum atomic E-state index is 13.2. The molecule has 2 aromatic carbocycles. The highest BCUT2D eigenvalue weighted by Gasteiger charge is 2.34. The van der Waals surface area contributed by atoms with Crippen LogP contribution in [0.4, 0.5) is 11.4 Å². The zero-order chi connectivity index (χ0) is 20.3. The Kier molecular flexibility index (Phi) is 6.11. The molecule has 3 rings (SSSR count). The molecule has 0 aromatic heterocycles. The number of hydrogen-bond donors (Lipinski definition) is 4. The van der Waals surface area contributed by atoms with Gasteiger partial charge < -0.3 is 20.8 Å². The fraction of sp³-hybridized carbons (Fsp3) is 0.364. The molecule has 2 atom stereocenters. The van der Waals surface area contributed by atoms with Crippen LogP contribution in [0.5, 0.6) is 0 Å². The predicted octanol–water partition coefficient (Wildman–Crippen LogP) is 3.52. The van der Waals surface area contributed by atoms with Crippen LogP contribution in [-0.2, 0) is 0 Å². The van der Waals surface area contributed by atoms with Crippen molar-refractivity contribution in [2.24, 2.45) is 0 Å². The number of nitrogens with one attached hydrogen (secondary N) is 2. The maximum absolute atomic E-state index is 13.2. The number of fused-ring (bicyclic) bond motifs is 2. The number of anilines is 2. The Balaban J connectivity index is 2.03. The summed E-state index contributed by atoms with van der Waals surface area (Å²) in [5.41, 5.74) is 2.05. The first-order valence-electron chi connectivity index (χ1n) is 9.72. The molecule has 0 bridgehead atoms. The molecule has 0 spiro atoms. The van der Waals surface area contributed by atoms with Gasteiger partial charge in [0, 0.05) is 22.5 Å². The lowest BCUT2D eigenvalue weighted by Gasteiger charge is -2.25. The molecule has 148 valence electrons. The highest BCUT2D eigenvalue weighted by molar-refractivity contribution is 6.31. The van der Waals surface area contributed by atoms with Crippen molar-refractivity contribution in [3.8, 4) is 0 Å². The second kappa shape index (κ2) is 8.54. The number of carbonyl (C=O) groups is 2. The Morgan fingerprint density at radius 1 is 0.750 bits per heavy atom. The van der Waals surface area contributed by atoms with Gasteiger partial charge in [0.2, 0.25) is 0 Å². The van der Waals surface area contributed by atoms with Gasteiger partial charge in [0.05, 0.1) is 11.1 Å². The summed E-state index contributed by atoms with van der Waals surface area (Å²) < 4.78 is 0. The van der Waals surface area contributed by atoms with Gasteiger partial charge in [-0.2, -0.15) is 0 Å². The molecule has 0 radical (unpaired) electrons. The van der Waals surface area contributed by atoms with Crippen molar-refractivity contribution in [1.29, 1.82) is 0 Å². The van der Waals surface area contributed by atoms with Crippen LogP contribution in [0.1, 0.15) is 71.4 Å². The van der Waals surface area contributed by atoms with Crippen molar-refractivity contribution >= 4 is 22.9 Å². The van der Waals surface area contributed by atoms with E-state index in [-0.39, 0.29) is 22.7 Å². The van der Waals surface area contributed by atoms with E-state index in [0.717, 1.165) is 12.8 Å².